The topological polar surface area (TPSA) is 74.2 Å². The lowest BCUT2D eigenvalue weighted by Crippen LogP contribution is -2.32. The fraction of sp³-hybridized carbons (Fsp3) is 0.333. The van der Waals surface area contributed by atoms with Crippen molar-refractivity contribution >= 4 is 23.1 Å². The maximum atomic E-state index is 12.0. The number of nitrogens with zero attached hydrogens (tertiary/aromatic N) is 1. The summed E-state index contributed by atoms with van der Waals surface area (Å²) < 4.78 is 0. The molecule has 2 unspecified atom stereocenters. The number of hydrogen-bond acceptors (Lipinski definition) is 4. The van der Waals surface area contributed by atoms with Crippen LogP contribution in [-0.2, 0) is 0 Å². The molecule has 2 amide bonds. The molecule has 6 heteroatoms. The van der Waals surface area contributed by atoms with Gasteiger partial charge in [-0.15, -0.1) is 11.3 Å². The smallest absolute Gasteiger partial charge is 0.319 e. The Morgan fingerprint density at radius 2 is 2.10 bits per heavy atom. The zero-order chi connectivity index (χ0) is 15.2. The number of carbonyl (C=O) groups is 1. The number of urea groups is 1. The largest absolute Gasteiger partial charge is 0.389 e. The molecule has 5 nitrogen and oxygen atoms in total. The van der Waals surface area contributed by atoms with Gasteiger partial charge in [0.05, 0.1) is 12.1 Å². The van der Waals surface area contributed by atoms with Gasteiger partial charge in [0, 0.05) is 17.3 Å². The molecule has 1 aromatic carbocycles. The summed E-state index contributed by atoms with van der Waals surface area (Å²) in [6, 6.07) is 6.78. The average Bonchev–Trinajstić information content (AvgIpc) is 2.99. The van der Waals surface area contributed by atoms with E-state index in [-0.39, 0.29) is 12.1 Å². The molecular formula is C15H19N3O2S. The summed E-state index contributed by atoms with van der Waals surface area (Å²) in [5.41, 5.74) is 1.50. The highest BCUT2D eigenvalue weighted by atomic mass is 32.1. The third-order valence-electron chi connectivity index (χ3n) is 3.11. The Labute approximate surface area is 128 Å². The highest BCUT2D eigenvalue weighted by Gasteiger charge is 2.14. The molecule has 3 N–H and O–H groups in total. The predicted octanol–water partition coefficient (Wildman–Crippen LogP) is 3.47. The maximum absolute atomic E-state index is 12.0. The predicted molar refractivity (Wildman–Crippen MR) is 84.4 cm³/mol. The molecule has 2 rings (SSSR count). The molecule has 0 radical (unpaired) electrons. The number of carbonyl (C=O) groups excluding carboxylic acids is 1. The van der Waals surface area contributed by atoms with Gasteiger partial charge in [-0.2, -0.15) is 0 Å². The normalized spacial score (nSPS) is 13.5. The lowest BCUT2D eigenvalue weighted by Gasteiger charge is -2.15. The second-order valence-corrected chi connectivity index (χ2v) is 5.65. The lowest BCUT2D eigenvalue weighted by molar-refractivity contribution is 0.199. The van der Waals surface area contributed by atoms with Crippen LogP contribution in [0.3, 0.4) is 0 Å². The zero-order valence-electron chi connectivity index (χ0n) is 12.0. The first kappa shape index (κ1) is 15.5. The number of nitrogens with one attached hydrogen (secondary N) is 2. The molecular weight excluding hydrogens is 286 g/mol. The molecule has 0 aliphatic rings. The van der Waals surface area contributed by atoms with Crippen molar-refractivity contribution in [2.75, 3.05) is 5.32 Å². The number of benzene rings is 1. The Balaban J connectivity index is 1.94. The van der Waals surface area contributed by atoms with E-state index in [1.54, 1.807) is 37.4 Å². The van der Waals surface area contributed by atoms with Crippen LogP contribution in [0, 0.1) is 0 Å². The fourth-order valence-corrected chi connectivity index (χ4v) is 2.69. The highest BCUT2D eigenvalue weighted by molar-refractivity contribution is 7.09. The van der Waals surface area contributed by atoms with Crippen molar-refractivity contribution in [2.24, 2.45) is 0 Å². The van der Waals surface area contributed by atoms with Gasteiger partial charge in [-0.25, -0.2) is 9.78 Å². The average molecular weight is 305 g/mol. The third kappa shape index (κ3) is 4.27. The van der Waals surface area contributed by atoms with Gasteiger partial charge >= 0.3 is 6.03 Å². The van der Waals surface area contributed by atoms with E-state index >= 15 is 0 Å². The van der Waals surface area contributed by atoms with E-state index in [1.807, 2.05) is 12.3 Å². The summed E-state index contributed by atoms with van der Waals surface area (Å²) in [6.07, 6.45) is 2.00. The number of amides is 2. The number of anilines is 1. The summed E-state index contributed by atoms with van der Waals surface area (Å²) in [6.45, 7) is 3.71. The Bertz CT molecular complexity index is 567. The van der Waals surface area contributed by atoms with Crippen LogP contribution in [-0.4, -0.2) is 16.1 Å². The van der Waals surface area contributed by atoms with Crippen LogP contribution in [0.15, 0.2) is 35.8 Å². The SMILES string of the molecule is CCC(NC(=O)Nc1ccc(C(C)O)cc1)c1nccs1. The van der Waals surface area contributed by atoms with Crippen molar-refractivity contribution in [1.82, 2.24) is 10.3 Å². The molecule has 1 heterocycles. The summed E-state index contributed by atoms with van der Waals surface area (Å²) in [5.74, 6) is 0. The van der Waals surface area contributed by atoms with E-state index in [9.17, 15) is 9.90 Å². The van der Waals surface area contributed by atoms with Crippen molar-refractivity contribution in [2.45, 2.75) is 32.4 Å². The molecule has 0 fully saturated rings. The number of rotatable bonds is 5. The quantitative estimate of drug-likeness (QED) is 0.792. The molecule has 2 atom stereocenters. The van der Waals surface area contributed by atoms with Crippen LogP contribution >= 0.6 is 11.3 Å². The Morgan fingerprint density at radius 3 is 2.62 bits per heavy atom. The highest BCUT2D eigenvalue weighted by Crippen LogP contribution is 2.19. The molecule has 0 spiro atoms. The van der Waals surface area contributed by atoms with Gasteiger partial charge < -0.3 is 15.7 Å². The zero-order valence-corrected chi connectivity index (χ0v) is 12.9. The molecule has 0 saturated carbocycles. The minimum atomic E-state index is -0.512. The molecule has 0 saturated heterocycles. The molecule has 0 aliphatic heterocycles. The number of thiazole rings is 1. The van der Waals surface area contributed by atoms with E-state index < -0.39 is 6.10 Å². The monoisotopic (exact) mass is 305 g/mol. The van der Waals surface area contributed by atoms with Gasteiger partial charge in [0.2, 0.25) is 0 Å². The van der Waals surface area contributed by atoms with E-state index in [2.05, 4.69) is 15.6 Å². The molecule has 0 aliphatic carbocycles. The van der Waals surface area contributed by atoms with Gasteiger partial charge in [0.1, 0.15) is 5.01 Å². The van der Waals surface area contributed by atoms with Gasteiger partial charge in [0.25, 0.3) is 0 Å². The van der Waals surface area contributed by atoms with Gasteiger partial charge in [-0.1, -0.05) is 19.1 Å². The van der Waals surface area contributed by atoms with Crippen molar-refractivity contribution in [3.05, 3.63) is 46.4 Å². The maximum Gasteiger partial charge on any atom is 0.319 e. The van der Waals surface area contributed by atoms with Crippen molar-refractivity contribution < 1.29 is 9.90 Å². The minimum absolute atomic E-state index is 0.0817. The Hall–Kier alpha value is -1.92. The third-order valence-corrected chi connectivity index (χ3v) is 4.00. The molecule has 2 aromatic rings. The minimum Gasteiger partial charge on any atom is -0.389 e. The van der Waals surface area contributed by atoms with Gasteiger partial charge in [0.15, 0.2) is 0 Å². The fourth-order valence-electron chi connectivity index (χ4n) is 1.92. The van der Waals surface area contributed by atoms with Crippen LogP contribution in [0.2, 0.25) is 0 Å². The van der Waals surface area contributed by atoms with E-state index in [1.165, 1.54) is 11.3 Å². The second kappa shape index (κ2) is 7.19. The Morgan fingerprint density at radius 1 is 1.38 bits per heavy atom. The van der Waals surface area contributed by atoms with E-state index in [0.717, 1.165) is 17.0 Å². The summed E-state index contributed by atoms with van der Waals surface area (Å²) in [7, 11) is 0. The molecule has 112 valence electrons. The van der Waals surface area contributed by atoms with E-state index in [4.69, 9.17) is 0 Å². The summed E-state index contributed by atoms with van der Waals surface area (Å²) in [5, 5.41) is 17.9. The summed E-state index contributed by atoms with van der Waals surface area (Å²) in [4.78, 5) is 16.2. The van der Waals surface area contributed by atoms with Gasteiger partial charge in [-0.3, -0.25) is 0 Å². The van der Waals surface area contributed by atoms with Crippen molar-refractivity contribution in [3.63, 3.8) is 0 Å². The number of aliphatic hydroxyl groups is 1. The van der Waals surface area contributed by atoms with Crippen molar-refractivity contribution in [3.8, 4) is 0 Å². The lowest BCUT2D eigenvalue weighted by atomic mass is 10.1. The number of aliphatic hydroxyl groups excluding tert-OH is 1. The summed E-state index contributed by atoms with van der Waals surface area (Å²) >= 11 is 1.53. The first-order chi connectivity index (χ1) is 10.1. The molecule has 1 aromatic heterocycles. The van der Waals surface area contributed by atoms with Crippen LogP contribution in [0.1, 0.15) is 43.0 Å². The van der Waals surface area contributed by atoms with Crippen LogP contribution in [0.25, 0.3) is 0 Å². The molecule has 21 heavy (non-hydrogen) atoms. The standard InChI is InChI=1S/C15H19N3O2S/c1-3-13(14-16-8-9-21-14)18-15(20)17-12-6-4-11(5-7-12)10(2)19/h4-10,13,19H,3H2,1-2H3,(H2,17,18,20). The first-order valence-electron chi connectivity index (χ1n) is 6.85. The van der Waals surface area contributed by atoms with Crippen LogP contribution < -0.4 is 10.6 Å². The van der Waals surface area contributed by atoms with Crippen LogP contribution in [0.5, 0.6) is 0 Å². The molecule has 0 bridgehead atoms. The van der Waals surface area contributed by atoms with E-state index in [0.29, 0.717) is 5.69 Å². The van der Waals surface area contributed by atoms with Crippen LogP contribution in [0.4, 0.5) is 10.5 Å². The number of aromatic nitrogens is 1. The van der Waals surface area contributed by atoms with Gasteiger partial charge in [-0.05, 0) is 31.0 Å². The second-order valence-electron chi connectivity index (χ2n) is 4.73. The first-order valence-corrected chi connectivity index (χ1v) is 7.73. The number of hydrogen-bond donors (Lipinski definition) is 3. The Kier molecular flexibility index (Phi) is 5.30. The van der Waals surface area contributed by atoms with Crippen molar-refractivity contribution in [1.29, 1.82) is 0 Å².